The van der Waals surface area contributed by atoms with Gasteiger partial charge in [0.05, 0.1) is 0 Å². The van der Waals surface area contributed by atoms with Gasteiger partial charge in [0.1, 0.15) is 6.17 Å². The van der Waals surface area contributed by atoms with E-state index in [9.17, 15) is 4.39 Å². The molecule has 1 nitrogen and oxygen atoms in total. The first-order valence-corrected chi connectivity index (χ1v) is 4.74. The fourth-order valence-electron chi connectivity index (χ4n) is 2.10. The summed E-state index contributed by atoms with van der Waals surface area (Å²) in [6.45, 7) is 0.891. The Morgan fingerprint density at radius 3 is 2.55 bits per heavy atom. The molecule has 1 saturated heterocycles. The topological polar surface area (TPSA) is 12.0 Å². The van der Waals surface area contributed by atoms with E-state index in [4.69, 9.17) is 0 Å². The molecule has 0 spiro atoms. The lowest BCUT2D eigenvalue weighted by atomic mass is 9.77. The zero-order valence-electron chi connectivity index (χ0n) is 6.85. The molecule has 2 heteroatoms. The molecule has 64 valence electrons. The van der Waals surface area contributed by atoms with E-state index in [0.29, 0.717) is 6.04 Å². The Labute approximate surface area is 67.4 Å². The number of nitrogens with one attached hydrogen (secondary N) is 1. The van der Waals surface area contributed by atoms with Gasteiger partial charge in [-0.1, -0.05) is 6.42 Å². The van der Waals surface area contributed by atoms with Crippen molar-refractivity contribution in [3.05, 3.63) is 0 Å². The van der Waals surface area contributed by atoms with Crippen LogP contribution >= 0.6 is 0 Å². The van der Waals surface area contributed by atoms with Crippen LogP contribution in [0.1, 0.15) is 32.1 Å². The van der Waals surface area contributed by atoms with Crippen LogP contribution in [-0.4, -0.2) is 18.8 Å². The fourth-order valence-corrected chi connectivity index (χ4v) is 2.10. The van der Waals surface area contributed by atoms with E-state index >= 15 is 0 Å². The Morgan fingerprint density at radius 1 is 1.18 bits per heavy atom. The molecule has 0 amide bonds. The van der Waals surface area contributed by atoms with Gasteiger partial charge in [0.2, 0.25) is 0 Å². The van der Waals surface area contributed by atoms with Crippen LogP contribution in [0.5, 0.6) is 0 Å². The number of hydrogen-bond donors (Lipinski definition) is 1. The van der Waals surface area contributed by atoms with Gasteiger partial charge in [-0.3, -0.25) is 0 Å². The lowest BCUT2D eigenvalue weighted by molar-refractivity contribution is 0.144. The molecule has 1 aliphatic heterocycles. The molecule has 0 radical (unpaired) electrons. The summed E-state index contributed by atoms with van der Waals surface area (Å²) in [6.07, 6.45) is 4.98. The summed E-state index contributed by atoms with van der Waals surface area (Å²) in [4.78, 5) is 0. The maximum absolute atomic E-state index is 12.9. The van der Waals surface area contributed by atoms with Gasteiger partial charge in [0.15, 0.2) is 0 Å². The lowest BCUT2D eigenvalue weighted by Gasteiger charge is -2.37. The number of piperidine rings is 1. The molecule has 11 heavy (non-hydrogen) atoms. The molecule has 0 aromatic heterocycles. The van der Waals surface area contributed by atoms with Crippen LogP contribution in [0.4, 0.5) is 4.39 Å². The van der Waals surface area contributed by atoms with Crippen LogP contribution < -0.4 is 5.32 Å². The molecule has 0 aromatic rings. The smallest absolute Gasteiger partial charge is 0.103 e. The fraction of sp³-hybridized carbons (Fsp3) is 1.00. The van der Waals surface area contributed by atoms with Gasteiger partial charge in [-0.15, -0.1) is 0 Å². The highest BCUT2D eigenvalue weighted by molar-refractivity contribution is 4.87. The summed E-state index contributed by atoms with van der Waals surface area (Å²) in [6, 6.07) is 0.507. The minimum Gasteiger partial charge on any atom is -0.313 e. The van der Waals surface area contributed by atoms with Gasteiger partial charge < -0.3 is 5.32 Å². The Balaban J connectivity index is 1.82. The maximum Gasteiger partial charge on any atom is 0.103 e. The zero-order chi connectivity index (χ0) is 7.68. The van der Waals surface area contributed by atoms with E-state index in [0.717, 1.165) is 25.3 Å². The van der Waals surface area contributed by atoms with Crippen LogP contribution in [0.15, 0.2) is 0 Å². The van der Waals surface area contributed by atoms with E-state index in [1.807, 2.05) is 0 Å². The van der Waals surface area contributed by atoms with Gasteiger partial charge >= 0.3 is 0 Å². The first kappa shape index (κ1) is 7.53. The summed E-state index contributed by atoms with van der Waals surface area (Å²) in [5, 5.41) is 3.41. The van der Waals surface area contributed by atoms with Crippen molar-refractivity contribution >= 4 is 0 Å². The minimum absolute atomic E-state index is 0.507. The van der Waals surface area contributed by atoms with Crippen molar-refractivity contribution < 1.29 is 4.39 Å². The van der Waals surface area contributed by atoms with Crippen molar-refractivity contribution in [1.82, 2.24) is 5.32 Å². The van der Waals surface area contributed by atoms with Crippen molar-refractivity contribution in [2.45, 2.75) is 44.3 Å². The van der Waals surface area contributed by atoms with Crippen LogP contribution in [-0.2, 0) is 0 Å². The summed E-state index contributed by atoms with van der Waals surface area (Å²) in [5.74, 6) is 0.800. The van der Waals surface area contributed by atoms with E-state index < -0.39 is 6.17 Å². The second-order valence-corrected chi connectivity index (χ2v) is 3.87. The highest BCUT2D eigenvalue weighted by Crippen LogP contribution is 2.33. The third-order valence-corrected chi connectivity index (χ3v) is 3.09. The molecule has 2 aliphatic rings. The van der Waals surface area contributed by atoms with Crippen LogP contribution in [0.3, 0.4) is 0 Å². The first-order chi connectivity index (χ1) is 5.36. The van der Waals surface area contributed by atoms with Gasteiger partial charge in [0.25, 0.3) is 0 Å². The predicted molar refractivity (Wildman–Crippen MR) is 43.3 cm³/mol. The average molecular weight is 157 g/mol. The molecule has 1 heterocycles. The molecule has 0 bridgehead atoms. The normalized spacial score (nSPS) is 40.1. The highest BCUT2D eigenvalue weighted by atomic mass is 19.1. The summed E-state index contributed by atoms with van der Waals surface area (Å²) < 4.78 is 12.9. The van der Waals surface area contributed by atoms with Crippen molar-refractivity contribution in [2.75, 3.05) is 6.54 Å². The van der Waals surface area contributed by atoms with Crippen molar-refractivity contribution in [3.63, 3.8) is 0 Å². The molecule has 2 fully saturated rings. The number of rotatable bonds is 1. The van der Waals surface area contributed by atoms with Crippen molar-refractivity contribution in [1.29, 1.82) is 0 Å². The molecule has 1 saturated carbocycles. The Morgan fingerprint density at radius 2 is 2.00 bits per heavy atom. The third kappa shape index (κ3) is 1.56. The molecular weight excluding hydrogens is 141 g/mol. The molecular formula is C9H16FN. The third-order valence-electron chi connectivity index (χ3n) is 3.09. The Kier molecular flexibility index (Phi) is 2.12. The largest absolute Gasteiger partial charge is 0.313 e. The van der Waals surface area contributed by atoms with Gasteiger partial charge in [0, 0.05) is 6.04 Å². The molecule has 1 aliphatic carbocycles. The van der Waals surface area contributed by atoms with Crippen molar-refractivity contribution in [2.24, 2.45) is 5.92 Å². The number of hydrogen-bond acceptors (Lipinski definition) is 1. The average Bonchev–Trinajstić information content (AvgIpc) is 1.83. The van der Waals surface area contributed by atoms with Crippen LogP contribution in [0.25, 0.3) is 0 Å². The first-order valence-electron chi connectivity index (χ1n) is 4.74. The second kappa shape index (κ2) is 3.10. The summed E-state index contributed by atoms with van der Waals surface area (Å²) in [7, 11) is 0. The van der Waals surface area contributed by atoms with Gasteiger partial charge in [-0.05, 0) is 38.1 Å². The van der Waals surface area contributed by atoms with Crippen LogP contribution in [0, 0.1) is 5.92 Å². The highest BCUT2D eigenvalue weighted by Gasteiger charge is 2.31. The molecule has 2 unspecified atom stereocenters. The molecule has 0 aromatic carbocycles. The lowest BCUT2D eigenvalue weighted by Crippen LogP contribution is -2.45. The van der Waals surface area contributed by atoms with E-state index in [-0.39, 0.29) is 0 Å². The predicted octanol–water partition coefficient (Wildman–Crippen LogP) is 1.88. The molecule has 1 N–H and O–H groups in total. The second-order valence-electron chi connectivity index (χ2n) is 3.87. The Hall–Kier alpha value is -0.110. The maximum atomic E-state index is 12.9. The van der Waals surface area contributed by atoms with Crippen LogP contribution in [0.2, 0.25) is 0 Å². The summed E-state index contributed by atoms with van der Waals surface area (Å²) >= 11 is 0. The Bertz CT molecular complexity index is 134. The summed E-state index contributed by atoms with van der Waals surface area (Å²) in [5.41, 5.74) is 0. The minimum atomic E-state index is -0.526. The quantitative estimate of drug-likeness (QED) is 0.612. The van der Waals surface area contributed by atoms with Gasteiger partial charge in [-0.25, -0.2) is 4.39 Å². The molecule has 2 atom stereocenters. The van der Waals surface area contributed by atoms with Crippen molar-refractivity contribution in [3.8, 4) is 0 Å². The van der Waals surface area contributed by atoms with E-state index in [2.05, 4.69) is 5.32 Å². The molecule has 2 rings (SSSR count). The number of alkyl halides is 1. The van der Waals surface area contributed by atoms with E-state index in [1.165, 1.54) is 19.3 Å². The standard InChI is InChI=1S/C9H16FN/c10-8-4-5-11-9(6-8)7-2-1-3-7/h7-9,11H,1-6H2. The van der Waals surface area contributed by atoms with Gasteiger partial charge in [-0.2, -0.15) is 0 Å². The SMILES string of the molecule is FC1CCNC(C2CCC2)C1. The zero-order valence-corrected chi connectivity index (χ0v) is 6.85. The monoisotopic (exact) mass is 157 g/mol. The number of halogens is 1. The van der Waals surface area contributed by atoms with E-state index in [1.54, 1.807) is 0 Å².